The second kappa shape index (κ2) is 7.18. The standard InChI is InChI=1S/C8H16N2O5S/c9-7(11)2-5-16(14,15)6-4-10-3-1-8(12)13/h10H,1-6H2,(H2,9,11)(H,12,13). The molecular weight excluding hydrogens is 236 g/mol. The number of aliphatic carboxylic acids is 1. The van der Waals surface area contributed by atoms with Crippen molar-refractivity contribution in [3.8, 4) is 0 Å². The molecule has 0 saturated heterocycles. The smallest absolute Gasteiger partial charge is 0.304 e. The lowest BCUT2D eigenvalue weighted by Crippen LogP contribution is -2.27. The highest BCUT2D eigenvalue weighted by atomic mass is 32.2. The predicted molar refractivity (Wildman–Crippen MR) is 57.6 cm³/mol. The molecule has 0 spiro atoms. The fraction of sp³-hybridized carbons (Fsp3) is 0.750. The molecule has 0 rings (SSSR count). The van der Waals surface area contributed by atoms with E-state index in [2.05, 4.69) is 5.32 Å². The maximum absolute atomic E-state index is 11.3. The second-order valence-electron chi connectivity index (χ2n) is 3.26. The topological polar surface area (TPSA) is 127 Å². The Morgan fingerprint density at radius 1 is 1.12 bits per heavy atom. The van der Waals surface area contributed by atoms with E-state index in [4.69, 9.17) is 10.8 Å². The number of primary amides is 1. The van der Waals surface area contributed by atoms with Crippen molar-refractivity contribution < 1.29 is 23.1 Å². The molecule has 0 fully saturated rings. The number of nitrogens with two attached hydrogens (primary N) is 1. The third-order valence-corrected chi connectivity index (χ3v) is 3.42. The summed E-state index contributed by atoms with van der Waals surface area (Å²) in [5.41, 5.74) is 4.83. The summed E-state index contributed by atoms with van der Waals surface area (Å²) in [6, 6.07) is 0. The molecule has 0 radical (unpaired) electrons. The molecule has 0 aliphatic carbocycles. The highest BCUT2D eigenvalue weighted by molar-refractivity contribution is 7.91. The van der Waals surface area contributed by atoms with Crippen LogP contribution in [0.5, 0.6) is 0 Å². The van der Waals surface area contributed by atoms with Crippen LogP contribution >= 0.6 is 0 Å². The van der Waals surface area contributed by atoms with Crippen LogP contribution in [0.25, 0.3) is 0 Å². The number of hydrogen-bond acceptors (Lipinski definition) is 5. The van der Waals surface area contributed by atoms with E-state index in [9.17, 15) is 18.0 Å². The zero-order valence-electron chi connectivity index (χ0n) is 8.81. The van der Waals surface area contributed by atoms with Gasteiger partial charge in [0.05, 0.1) is 17.9 Å². The van der Waals surface area contributed by atoms with Crippen molar-refractivity contribution in [2.75, 3.05) is 24.6 Å². The zero-order chi connectivity index (χ0) is 12.6. The SMILES string of the molecule is NC(=O)CCS(=O)(=O)CCNCCC(=O)O. The Bertz CT molecular complexity index is 338. The number of carboxylic acids is 1. The van der Waals surface area contributed by atoms with E-state index < -0.39 is 21.7 Å². The van der Waals surface area contributed by atoms with Crippen LogP contribution < -0.4 is 11.1 Å². The molecule has 0 saturated carbocycles. The van der Waals surface area contributed by atoms with Gasteiger partial charge in [-0.3, -0.25) is 9.59 Å². The highest BCUT2D eigenvalue weighted by Gasteiger charge is 2.11. The van der Waals surface area contributed by atoms with Crippen molar-refractivity contribution in [2.45, 2.75) is 12.8 Å². The van der Waals surface area contributed by atoms with Crippen molar-refractivity contribution >= 4 is 21.7 Å². The third-order valence-electron chi connectivity index (χ3n) is 1.76. The number of amides is 1. The molecule has 0 aromatic rings. The molecule has 7 nitrogen and oxygen atoms in total. The van der Waals surface area contributed by atoms with Gasteiger partial charge in [0.25, 0.3) is 0 Å². The Morgan fingerprint density at radius 2 is 1.75 bits per heavy atom. The lowest BCUT2D eigenvalue weighted by Gasteiger charge is -2.04. The molecule has 0 aromatic carbocycles. The molecule has 0 unspecified atom stereocenters. The lowest BCUT2D eigenvalue weighted by molar-refractivity contribution is -0.136. The minimum Gasteiger partial charge on any atom is -0.481 e. The van der Waals surface area contributed by atoms with Crippen LogP contribution in [-0.2, 0) is 19.4 Å². The minimum absolute atomic E-state index is 0.0542. The van der Waals surface area contributed by atoms with Gasteiger partial charge in [-0.2, -0.15) is 0 Å². The fourth-order valence-corrected chi connectivity index (χ4v) is 2.08. The van der Waals surface area contributed by atoms with E-state index in [1.165, 1.54) is 0 Å². The molecule has 0 aliphatic rings. The van der Waals surface area contributed by atoms with Crippen LogP contribution in [0.3, 0.4) is 0 Å². The van der Waals surface area contributed by atoms with Crippen LogP contribution in [0.4, 0.5) is 0 Å². The molecule has 4 N–H and O–H groups in total. The minimum atomic E-state index is -3.29. The van der Waals surface area contributed by atoms with Gasteiger partial charge in [0.15, 0.2) is 9.84 Å². The van der Waals surface area contributed by atoms with Crippen LogP contribution in [0.1, 0.15) is 12.8 Å². The molecule has 16 heavy (non-hydrogen) atoms. The maximum Gasteiger partial charge on any atom is 0.304 e. The van der Waals surface area contributed by atoms with Gasteiger partial charge in [0.2, 0.25) is 5.91 Å². The Labute approximate surface area is 93.9 Å². The molecule has 0 atom stereocenters. The molecule has 0 aliphatic heterocycles. The first-order valence-electron chi connectivity index (χ1n) is 4.75. The van der Waals surface area contributed by atoms with Crippen LogP contribution in [-0.4, -0.2) is 50.0 Å². The molecule has 0 heterocycles. The third kappa shape index (κ3) is 9.41. The van der Waals surface area contributed by atoms with Gasteiger partial charge in [-0.15, -0.1) is 0 Å². The molecular formula is C8H16N2O5S. The fourth-order valence-electron chi connectivity index (χ4n) is 0.906. The van der Waals surface area contributed by atoms with Gasteiger partial charge in [0.1, 0.15) is 0 Å². The number of nitrogens with one attached hydrogen (secondary N) is 1. The number of rotatable bonds is 9. The van der Waals surface area contributed by atoms with Crippen molar-refractivity contribution in [1.29, 1.82) is 0 Å². The van der Waals surface area contributed by atoms with Gasteiger partial charge in [-0.05, 0) is 0 Å². The molecule has 0 bridgehead atoms. The Morgan fingerprint density at radius 3 is 2.25 bits per heavy atom. The number of carboxylic acid groups (broad SMARTS) is 1. The maximum atomic E-state index is 11.3. The van der Waals surface area contributed by atoms with Crippen LogP contribution in [0, 0.1) is 0 Å². The first-order chi connectivity index (χ1) is 7.33. The summed E-state index contributed by atoms with van der Waals surface area (Å²) >= 11 is 0. The van der Waals surface area contributed by atoms with Crippen LogP contribution in [0.2, 0.25) is 0 Å². The van der Waals surface area contributed by atoms with E-state index in [1.807, 2.05) is 0 Å². The number of sulfone groups is 1. The van der Waals surface area contributed by atoms with Crippen molar-refractivity contribution in [1.82, 2.24) is 5.32 Å². The molecule has 8 heteroatoms. The average Bonchev–Trinajstić information content (AvgIpc) is 2.14. The van der Waals surface area contributed by atoms with E-state index in [-0.39, 0.29) is 37.4 Å². The molecule has 0 aromatic heterocycles. The Kier molecular flexibility index (Phi) is 6.66. The quantitative estimate of drug-likeness (QED) is 0.422. The Hall–Kier alpha value is -1.15. The lowest BCUT2D eigenvalue weighted by atomic mass is 10.4. The largest absolute Gasteiger partial charge is 0.481 e. The monoisotopic (exact) mass is 252 g/mol. The van der Waals surface area contributed by atoms with Crippen LogP contribution in [0.15, 0.2) is 0 Å². The van der Waals surface area contributed by atoms with Gasteiger partial charge in [0, 0.05) is 19.5 Å². The van der Waals surface area contributed by atoms with Crippen molar-refractivity contribution in [2.24, 2.45) is 5.73 Å². The summed E-state index contributed by atoms with van der Waals surface area (Å²) in [4.78, 5) is 20.5. The Balaban J connectivity index is 3.66. The average molecular weight is 252 g/mol. The summed E-state index contributed by atoms with van der Waals surface area (Å²) in [5.74, 6) is -1.98. The van der Waals surface area contributed by atoms with Gasteiger partial charge in [-0.1, -0.05) is 0 Å². The van der Waals surface area contributed by atoms with Crippen molar-refractivity contribution in [3.05, 3.63) is 0 Å². The first-order valence-corrected chi connectivity index (χ1v) is 6.57. The summed E-state index contributed by atoms with van der Waals surface area (Å²) in [6.07, 6.45) is -0.237. The van der Waals surface area contributed by atoms with Gasteiger partial charge < -0.3 is 16.2 Å². The number of carbonyl (C=O) groups is 2. The molecule has 1 amide bonds. The second-order valence-corrected chi connectivity index (χ2v) is 5.57. The predicted octanol–water partition coefficient (Wildman–Crippen LogP) is -1.66. The number of hydrogen-bond donors (Lipinski definition) is 3. The summed E-state index contributed by atoms with van der Waals surface area (Å²) < 4.78 is 22.5. The van der Waals surface area contributed by atoms with E-state index in [1.54, 1.807) is 0 Å². The summed E-state index contributed by atoms with van der Waals surface area (Å²) in [5, 5.41) is 11.0. The molecule has 94 valence electrons. The van der Waals surface area contributed by atoms with Gasteiger partial charge >= 0.3 is 5.97 Å². The normalized spacial score (nSPS) is 11.2. The van der Waals surface area contributed by atoms with E-state index in [0.717, 1.165) is 0 Å². The zero-order valence-corrected chi connectivity index (χ0v) is 9.62. The highest BCUT2D eigenvalue weighted by Crippen LogP contribution is 1.92. The van der Waals surface area contributed by atoms with E-state index in [0.29, 0.717) is 0 Å². The van der Waals surface area contributed by atoms with E-state index >= 15 is 0 Å². The summed E-state index contributed by atoms with van der Waals surface area (Å²) in [6.45, 7) is 0.398. The summed E-state index contributed by atoms with van der Waals surface area (Å²) in [7, 11) is -3.29. The number of carbonyl (C=O) groups excluding carboxylic acids is 1. The van der Waals surface area contributed by atoms with Crippen molar-refractivity contribution in [3.63, 3.8) is 0 Å². The van der Waals surface area contributed by atoms with Gasteiger partial charge in [-0.25, -0.2) is 8.42 Å². The first kappa shape index (κ1) is 14.8.